The summed E-state index contributed by atoms with van der Waals surface area (Å²) in [6.45, 7) is 12.3. The first-order valence-corrected chi connectivity index (χ1v) is 9.35. The van der Waals surface area contributed by atoms with E-state index in [4.69, 9.17) is 0 Å². The van der Waals surface area contributed by atoms with Gasteiger partial charge in [0.2, 0.25) is 0 Å². The van der Waals surface area contributed by atoms with E-state index in [1.165, 1.54) is 43.3 Å². The van der Waals surface area contributed by atoms with Crippen LogP contribution in [-0.4, -0.2) is 12.8 Å². The molecule has 0 bridgehead atoms. The second-order valence-electron chi connectivity index (χ2n) is 7.35. The monoisotopic (exact) mass is 325 g/mol. The molecule has 1 nitrogen and oxygen atoms in total. The van der Waals surface area contributed by atoms with E-state index < -0.39 is 0 Å². The lowest BCUT2D eigenvalue weighted by molar-refractivity contribution is 0.377. The van der Waals surface area contributed by atoms with E-state index in [-0.39, 0.29) is 0 Å². The van der Waals surface area contributed by atoms with Gasteiger partial charge in [-0.3, -0.25) is 4.99 Å². The molecule has 0 spiro atoms. The molecule has 0 amide bonds. The molecule has 0 fully saturated rings. The lowest BCUT2D eigenvalue weighted by Gasteiger charge is -2.32. The van der Waals surface area contributed by atoms with Crippen LogP contribution in [0.3, 0.4) is 0 Å². The van der Waals surface area contributed by atoms with Crippen molar-refractivity contribution in [2.24, 2.45) is 10.4 Å². The van der Waals surface area contributed by atoms with Crippen molar-refractivity contribution in [1.29, 1.82) is 0 Å². The third kappa shape index (κ3) is 7.77. The maximum atomic E-state index is 4.32. The zero-order valence-electron chi connectivity index (χ0n) is 16.3. The van der Waals surface area contributed by atoms with E-state index in [2.05, 4.69) is 70.0 Å². The van der Waals surface area contributed by atoms with Crippen molar-refractivity contribution in [3.8, 4) is 0 Å². The molecule has 0 saturated heterocycles. The highest BCUT2D eigenvalue weighted by Crippen LogP contribution is 2.40. The van der Waals surface area contributed by atoms with Crippen LogP contribution in [-0.2, 0) is 0 Å². The van der Waals surface area contributed by atoms with Crippen molar-refractivity contribution in [3.63, 3.8) is 0 Å². The Morgan fingerprint density at radius 2 is 1.92 bits per heavy atom. The zero-order valence-corrected chi connectivity index (χ0v) is 16.3. The van der Waals surface area contributed by atoms with Crippen molar-refractivity contribution >= 4 is 6.21 Å². The Morgan fingerprint density at radius 3 is 2.62 bits per heavy atom. The average Bonchev–Trinajstić information content (AvgIpc) is 2.52. The molecule has 1 rings (SSSR count). The Bertz CT molecular complexity index is 551. The second-order valence-corrected chi connectivity index (χ2v) is 7.35. The van der Waals surface area contributed by atoms with Crippen LogP contribution in [0.25, 0.3) is 0 Å². The smallest absolute Gasteiger partial charge is 0.0389 e. The molecule has 1 aliphatic rings. The highest BCUT2D eigenvalue weighted by molar-refractivity contribution is 5.71. The van der Waals surface area contributed by atoms with E-state index in [0.717, 1.165) is 6.54 Å². The number of aliphatic imine (C=N–C) groups is 1. The van der Waals surface area contributed by atoms with Crippen LogP contribution in [0.15, 0.2) is 64.2 Å². The molecule has 0 N–H and O–H groups in total. The van der Waals surface area contributed by atoms with Crippen LogP contribution in [0.5, 0.6) is 0 Å². The largest absolute Gasteiger partial charge is 0.293 e. The van der Waals surface area contributed by atoms with Crippen LogP contribution in [0, 0.1) is 5.41 Å². The molecule has 0 heterocycles. The number of unbranched alkanes of at least 4 members (excludes halogenated alkanes) is 1. The minimum Gasteiger partial charge on any atom is -0.293 e. The SMILES string of the molecule is CCCCN=C/C=C/C=C/C=C(C)/C=C/C1=C(C)CCCC1(C)C. The Labute approximate surface area is 149 Å². The van der Waals surface area contributed by atoms with Crippen molar-refractivity contribution in [2.45, 2.75) is 66.7 Å². The molecule has 0 aromatic carbocycles. The van der Waals surface area contributed by atoms with Crippen molar-refractivity contribution < 1.29 is 0 Å². The summed E-state index contributed by atoms with van der Waals surface area (Å²) in [7, 11) is 0. The lowest BCUT2D eigenvalue weighted by Crippen LogP contribution is -2.19. The zero-order chi connectivity index (χ0) is 17.8. The van der Waals surface area contributed by atoms with Crippen LogP contribution >= 0.6 is 0 Å². The van der Waals surface area contributed by atoms with Crippen LogP contribution in [0.4, 0.5) is 0 Å². The minimum atomic E-state index is 0.314. The van der Waals surface area contributed by atoms with Crippen LogP contribution < -0.4 is 0 Å². The van der Waals surface area contributed by atoms with E-state index in [0.29, 0.717) is 5.41 Å². The molecule has 1 aliphatic carbocycles. The quantitative estimate of drug-likeness (QED) is 0.259. The predicted octanol–water partition coefficient (Wildman–Crippen LogP) is 7.00. The Hall–Kier alpha value is -1.63. The first-order chi connectivity index (χ1) is 11.5. The van der Waals surface area contributed by atoms with Crippen molar-refractivity contribution in [3.05, 3.63) is 59.3 Å². The van der Waals surface area contributed by atoms with Crippen molar-refractivity contribution in [2.75, 3.05) is 6.54 Å². The van der Waals surface area contributed by atoms with Gasteiger partial charge in [-0.1, -0.05) is 74.8 Å². The van der Waals surface area contributed by atoms with Gasteiger partial charge in [0.15, 0.2) is 0 Å². The lowest BCUT2D eigenvalue weighted by atomic mass is 9.72. The van der Waals surface area contributed by atoms with Gasteiger partial charge in [-0.05, 0) is 56.6 Å². The van der Waals surface area contributed by atoms with E-state index in [1.807, 2.05) is 18.4 Å². The molecule has 0 atom stereocenters. The number of hydrogen-bond donors (Lipinski definition) is 0. The molecule has 0 radical (unpaired) electrons. The first kappa shape index (κ1) is 20.4. The molecule has 0 aromatic heterocycles. The number of rotatable bonds is 8. The Kier molecular flexibility index (Phi) is 9.37. The van der Waals surface area contributed by atoms with Crippen molar-refractivity contribution in [1.82, 2.24) is 0 Å². The molecule has 0 aromatic rings. The Balaban J connectivity index is 2.53. The molecular formula is C23H35N. The van der Waals surface area contributed by atoms with Gasteiger partial charge in [0.05, 0.1) is 0 Å². The molecule has 24 heavy (non-hydrogen) atoms. The van der Waals surface area contributed by atoms with E-state index >= 15 is 0 Å². The summed E-state index contributed by atoms with van der Waals surface area (Å²) in [5, 5.41) is 0. The summed E-state index contributed by atoms with van der Waals surface area (Å²) in [5.74, 6) is 0. The van der Waals surface area contributed by atoms with Gasteiger partial charge in [0, 0.05) is 12.8 Å². The van der Waals surface area contributed by atoms with Crippen LogP contribution in [0.1, 0.15) is 66.7 Å². The number of nitrogens with zero attached hydrogens (tertiary/aromatic N) is 1. The van der Waals surface area contributed by atoms with E-state index in [9.17, 15) is 0 Å². The minimum absolute atomic E-state index is 0.314. The summed E-state index contributed by atoms with van der Waals surface area (Å²) < 4.78 is 0. The fraction of sp³-hybridized carbons (Fsp3) is 0.522. The van der Waals surface area contributed by atoms with Gasteiger partial charge in [0.1, 0.15) is 0 Å². The van der Waals surface area contributed by atoms with Gasteiger partial charge < -0.3 is 0 Å². The maximum absolute atomic E-state index is 4.32. The number of allylic oxidation sites excluding steroid dienone is 10. The molecular weight excluding hydrogens is 290 g/mol. The second kappa shape index (κ2) is 11.0. The molecule has 0 aliphatic heterocycles. The summed E-state index contributed by atoms with van der Waals surface area (Å²) in [6.07, 6.45) is 23.0. The van der Waals surface area contributed by atoms with Gasteiger partial charge >= 0.3 is 0 Å². The Morgan fingerprint density at radius 1 is 1.17 bits per heavy atom. The summed E-state index contributed by atoms with van der Waals surface area (Å²) >= 11 is 0. The highest BCUT2D eigenvalue weighted by Gasteiger charge is 2.26. The van der Waals surface area contributed by atoms with Gasteiger partial charge in [-0.2, -0.15) is 0 Å². The maximum Gasteiger partial charge on any atom is 0.0389 e. The molecule has 0 unspecified atom stereocenters. The summed E-state index contributed by atoms with van der Waals surface area (Å²) in [4.78, 5) is 4.32. The first-order valence-electron chi connectivity index (χ1n) is 9.35. The third-order valence-corrected chi connectivity index (χ3v) is 4.58. The predicted molar refractivity (Wildman–Crippen MR) is 110 cm³/mol. The highest BCUT2D eigenvalue weighted by atomic mass is 14.7. The normalized spacial score (nSPS) is 19.6. The van der Waals surface area contributed by atoms with Crippen LogP contribution in [0.2, 0.25) is 0 Å². The average molecular weight is 326 g/mol. The van der Waals surface area contributed by atoms with Gasteiger partial charge in [0.25, 0.3) is 0 Å². The molecule has 132 valence electrons. The summed E-state index contributed by atoms with van der Waals surface area (Å²) in [6, 6.07) is 0. The van der Waals surface area contributed by atoms with Gasteiger partial charge in [-0.25, -0.2) is 0 Å². The molecule has 1 heteroatoms. The molecule has 0 saturated carbocycles. The van der Waals surface area contributed by atoms with Gasteiger partial charge in [-0.15, -0.1) is 0 Å². The fourth-order valence-corrected chi connectivity index (χ4v) is 3.05. The standard InChI is InChI=1S/C23H35N/c1-6-7-18-24-19-11-9-8-10-13-20(2)15-16-22-21(3)14-12-17-23(22,4)5/h8-11,13,15-16,19H,6-7,12,14,17-18H2,1-5H3/b10-8+,11-9+,16-15+,20-13+,24-19?. The topological polar surface area (TPSA) is 12.4 Å². The van der Waals surface area contributed by atoms with E-state index in [1.54, 1.807) is 5.57 Å². The number of hydrogen-bond acceptors (Lipinski definition) is 1. The third-order valence-electron chi connectivity index (χ3n) is 4.58. The summed E-state index contributed by atoms with van der Waals surface area (Å²) in [5.41, 5.74) is 4.66. The fourth-order valence-electron chi connectivity index (χ4n) is 3.05.